The van der Waals surface area contributed by atoms with Crippen LogP contribution in [0.3, 0.4) is 0 Å². The van der Waals surface area contributed by atoms with Gasteiger partial charge in [0.2, 0.25) is 0 Å². The zero-order chi connectivity index (χ0) is 22.2. The molecule has 1 aromatic rings. The van der Waals surface area contributed by atoms with E-state index in [0.717, 1.165) is 44.0 Å². The number of aromatic nitrogens is 1. The van der Waals surface area contributed by atoms with Crippen LogP contribution in [0.4, 0.5) is 5.82 Å². The molecule has 0 aliphatic carbocycles. The minimum atomic E-state index is -0.312. The Morgan fingerprint density at radius 1 is 1.23 bits per heavy atom. The predicted molar refractivity (Wildman–Crippen MR) is 126 cm³/mol. The van der Waals surface area contributed by atoms with Crippen molar-refractivity contribution < 1.29 is 4.79 Å². The molecule has 2 aliphatic heterocycles. The van der Waals surface area contributed by atoms with Crippen LogP contribution in [-0.4, -0.2) is 63.9 Å². The second-order valence-electron chi connectivity index (χ2n) is 7.81. The van der Waals surface area contributed by atoms with Crippen LogP contribution in [0.25, 0.3) is 6.08 Å². The first-order valence-electron chi connectivity index (χ1n) is 10.0. The monoisotopic (exact) mass is 445 g/mol. The fraction of sp³-hybridized carbons (Fsp3) is 0.524. The van der Waals surface area contributed by atoms with Gasteiger partial charge in [-0.25, -0.2) is 0 Å². The van der Waals surface area contributed by atoms with Gasteiger partial charge in [0.05, 0.1) is 4.91 Å². The number of piperazine rings is 1. The molecule has 0 spiro atoms. The lowest BCUT2D eigenvalue weighted by Gasteiger charge is -2.36. The molecule has 2 fully saturated rings. The number of pyridine rings is 1. The molecule has 3 heterocycles. The van der Waals surface area contributed by atoms with Gasteiger partial charge < -0.3 is 9.80 Å². The number of amides is 1. The Morgan fingerprint density at radius 3 is 2.43 bits per heavy atom. The third kappa shape index (κ3) is 3.92. The zero-order valence-electron chi connectivity index (χ0n) is 18.1. The van der Waals surface area contributed by atoms with E-state index in [4.69, 9.17) is 12.2 Å². The van der Waals surface area contributed by atoms with Gasteiger partial charge in [0.15, 0.2) is 0 Å². The molecule has 3 rings (SSSR count). The van der Waals surface area contributed by atoms with Crippen molar-refractivity contribution in [1.82, 2.24) is 14.4 Å². The average Bonchev–Trinajstić information content (AvgIpc) is 3.00. The Morgan fingerprint density at radius 2 is 1.87 bits per heavy atom. The molecular weight excluding hydrogens is 418 g/mol. The number of thioether (sulfide) groups is 1. The van der Waals surface area contributed by atoms with Crippen LogP contribution >= 0.6 is 24.0 Å². The number of thiocarbonyl (C=S) groups is 1. The lowest BCUT2D eigenvalue weighted by atomic mass is 10.0. The quantitative estimate of drug-likeness (QED) is 0.520. The number of nitriles is 1. The Labute approximate surface area is 186 Å². The van der Waals surface area contributed by atoms with Gasteiger partial charge in [-0.3, -0.25) is 19.1 Å². The van der Waals surface area contributed by atoms with Crippen LogP contribution < -0.4 is 10.5 Å². The summed E-state index contributed by atoms with van der Waals surface area (Å²) in [7, 11) is 3.76. The summed E-state index contributed by atoms with van der Waals surface area (Å²) in [6.45, 7) is 9.07. The van der Waals surface area contributed by atoms with Crippen molar-refractivity contribution in [1.29, 1.82) is 5.26 Å². The van der Waals surface area contributed by atoms with E-state index in [1.807, 2.05) is 26.0 Å². The molecule has 9 heteroatoms. The second kappa shape index (κ2) is 8.92. The summed E-state index contributed by atoms with van der Waals surface area (Å²) in [5, 5.41) is 9.58. The topological polar surface area (TPSA) is 72.6 Å². The van der Waals surface area contributed by atoms with Crippen molar-refractivity contribution in [3.63, 3.8) is 0 Å². The number of anilines is 1. The number of carbonyl (C=O) groups excluding carboxylic acids is 1. The Balaban J connectivity index is 2.16. The Bertz CT molecular complexity index is 1020. The number of nitrogens with zero attached hydrogens (tertiary/aromatic N) is 5. The van der Waals surface area contributed by atoms with Crippen LogP contribution in [0.2, 0.25) is 0 Å². The van der Waals surface area contributed by atoms with E-state index in [1.54, 1.807) is 18.9 Å². The van der Waals surface area contributed by atoms with E-state index in [0.29, 0.717) is 14.8 Å². The van der Waals surface area contributed by atoms with Gasteiger partial charge in [0.1, 0.15) is 21.8 Å². The maximum Gasteiger partial charge on any atom is 0.270 e. The molecule has 2 saturated heterocycles. The maximum absolute atomic E-state index is 13.1. The molecule has 0 aromatic carbocycles. The van der Waals surface area contributed by atoms with Crippen molar-refractivity contribution in [3.8, 4) is 6.07 Å². The summed E-state index contributed by atoms with van der Waals surface area (Å²) in [6, 6.07) is 2.07. The largest absolute Gasteiger partial charge is 0.355 e. The van der Waals surface area contributed by atoms with Crippen molar-refractivity contribution in [2.75, 3.05) is 38.1 Å². The highest BCUT2D eigenvalue weighted by molar-refractivity contribution is 8.26. The lowest BCUT2D eigenvalue weighted by molar-refractivity contribution is -0.123. The van der Waals surface area contributed by atoms with Gasteiger partial charge >= 0.3 is 0 Å². The summed E-state index contributed by atoms with van der Waals surface area (Å²) in [4.78, 5) is 32.5. The molecule has 0 bridgehead atoms. The van der Waals surface area contributed by atoms with E-state index < -0.39 is 0 Å². The van der Waals surface area contributed by atoms with Crippen molar-refractivity contribution >= 4 is 46.1 Å². The average molecular weight is 446 g/mol. The molecule has 2 aliphatic rings. The minimum absolute atomic E-state index is 0.0244. The van der Waals surface area contributed by atoms with Crippen LogP contribution in [0.1, 0.15) is 37.0 Å². The predicted octanol–water partition coefficient (Wildman–Crippen LogP) is 2.32. The lowest BCUT2D eigenvalue weighted by Crippen LogP contribution is -2.46. The number of rotatable bonds is 4. The van der Waals surface area contributed by atoms with Crippen molar-refractivity contribution in [2.24, 2.45) is 7.05 Å². The fourth-order valence-electron chi connectivity index (χ4n) is 3.79. The van der Waals surface area contributed by atoms with Crippen LogP contribution in [0.15, 0.2) is 9.70 Å². The van der Waals surface area contributed by atoms with Gasteiger partial charge in [-0.15, -0.1) is 0 Å². The molecule has 0 N–H and O–H groups in total. The third-order valence-electron chi connectivity index (χ3n) is 5.90. The molecule has 160 valence electrons. The molecule has 1 amide bonds. The molecular formula is C21H27N5O2S2. The minimum Gasteiger partial charge on any atom is -0.355 e. The van der Waals surface area contributed by atoms with Crippen LogP contribution in [0.5, 0.6) is 0 Å². The number of carbonyl (C=O) groups is 1. The summed E-state index contributed by atoms with van der Waals surface area (Å²) >= 11 is 6.74. The van der Waals surface area contributed by atoms with E-state index in [9.17, 15) is 14.9 Å². The van der Waals surface area contributed by atoms with Gasteiger partial charge in [0, 0.05) is 44.8 Å². The molecule has 0 radical (unpaired) electrons. The number of likely N-dealkylation sites (N-methyl/N-ethyl adjacent to an activating group) is 1. The molecule has 30 heavy (non-hydrogen) atoms. The standard InChI is InChI=1S/C21H27N5O2S2/c1-6-13(2)26-20(28)17(30-21(26)29)11-15-14(3)16(12-22)19(27)24(5)18(15)25-9-7-23(4)8-10-25/h11,13H,6-10H2,1-5H3/b17-11-/t13-/m0/s1. The first kappa shape index (κ1) is 22.5. The first-order valence-corrected chi connectivity index (χ1v) is 11.3. The van der Waals surface area contributed by atoms with Crippen molar-refractivity contribution in [3.05, 3.63) is 31.9 Å². The Hall–Kier alpha value is -2.15. The van der Waals surface area contributed by atoms with Crippen LogP contribution in [0, 0.1) is 18.3 Å². The van der Waals surface area contributed by atoms with E-state index in [1.165, 1.54) is 16.3 Å². The van der Waals surface area contributed by atoms with Gasteiger partial charge in [-0.1, -0.05) is 30.9 Å². The summed E-state index contributed by atoms with van der Waals surface area (Å²) in [6.07, 6.45) is 2.62. The van der Waals surface area contributed by atoms with E-state index in [-0.39, 0.29) is 23.1 Å². The highest BCUT2D eigenvalue weighted by Crippen LogP contribution is 2.37. The van der Waals surface area contributed by atoms with Gasteiger partial charge in [-0.05, 0) is 39.0 Å². The molecule has 1 atom stereocenters. The third-order valence-corrected chi connectivity index (χ3v) is 7.23. The second-order valence-corrected chi connectivity index (χ2v) is 9.49. The number of hydrogen-bond donors (Lipinski definition) is 0. The first-order chi connectivity index (χ1) is 14.2. The molecule has 7 nitrogen and oxygen atoms in total. The maximum atomic E-state index is 13.1. The number of hydrogen-bond acceptors (Lipinski definition) is 7. The van der Waals surface area contributed by atoms with Gasteiger partial charge in [0.25, 0.3) is 11.5 Å². The molecule has 1 aromatic heterocycles. The van der Waals surface area contributed by atoms with Crippen LogP contribution in [-0.2, 0) is 11.8 Å². The highest BCUT2D eigenvalue weighted by atomic mass is 32.2. The zero-order valence-corrected chi connectivity index (χ0v) is 19.7. The smallest absolute Gasteiger partial charge is 0.270 e. The molecule has 0 unspecified atom stereocenters. The highest BCUT2D eigenvalue weighted by Gasteiger charge is 2.35. The Kier molecular flexibility index (Phi) is 6.70. The summed E-state index contributed by atoms with van der Waals surface area (Å²) in [5.41, 5.74) is 1.14. The normalized spacial score (nSPS) is 20.2. The van der Waals surface area contributed by atoms with E-state index in [2.05, 4.69) is 16.8 Å². The van der Waals surface area contributed by atoms with E-state index >= 15 is 0 Å². The van der Waals surface area contributed by atoms with Crippen molar-refractivity contribution in [2.45, 2.75) is 33.2 Å². The SMILES string of the molecule is CC[C@H](C)N1C(=O)/C(=C/c2c(C)c(C#N)c(=O)n(C)c2N2CCN(C)CC2)SC1=S. The fourth-order valence-corrected chi connectivity index (χ4v) is 5.23. The summed E-state index contributed by atoms with van der Waals surface area (Å²) in [5.74, 6) is 0.633. The summed E-state index contributed by atoms with van der Waals surface area (Å²) < 4.78 is 2.09. The van der Waals surface area contributed by atoms with Gasteiger partial charge in [-0.2, -0.15) is 5.26 Å². The molecule has 0 saturated carbocycles.